The lowest BCUT2D eigenvalue weighted by Gasteiger charge is -2.40. The third-order valence-corrected chi connectivity index (χ3v) is 5.10. The number of ether oxygens (including phenoxy) is 4. The maximum atomic E-state index is 13.4. The largest absolute Gasteiger partial charge is 0.456 e. The number of esters is 1. The molecular formula is C24H25FO5. The second-order valence-corrected chi connectivity index (χ2v) is 7.95. The Morgan fingerprint density at radius 2 is 1.80 bits per heavy atom. The molecule has 0 fully saturated rings. The fourth-order valence-electron chi connectivity index (χ4n) is 3.72. The van der Waals surface area contributed by atoms with Crippen molar-refractivity contribution in [1.82, 2.24) is 0 Å². The Bertz CT molecular complexity index is 920. The molecule has 0 unspecified atom stereocenters. The Balaban J connectivity index is 1.49. The number of cyclic esters (lactones) is 1. The first-order chi connectivity index (χ1) is 14.4. The van der Waals surface area contributed by atoms with Crippen LogP contribution in [0.25, 0.3) is 0 Å². The Morgan fingerprint density at radius 1 is 1.07 bits per heavy atom. The van der Waals surface area contributed by atoms with E-state index < -0.39 is 17.9 Å². The average Bonchev–Trinajstić information content (AvgIpc) is 2.71. The fraction of sp³-hybridized carbons (Fsp3) is 0.375. The number of rotatable bonds is 6. The van der Waals surface area contributed by atoms with Crippen molar-refractivity contribution in [1.29, 1.82) is 0 Å². The van der Waals surface area contributed by atoms with Crippen LogP contribution in [0, 0.1) is 5.82 Å². The minimum Gasteiger partial charge on any atom is -0.456 e. The molecule has 0 bridgehead atoms. The van der Waals surface area contributed by atoms with E-state index >= 15 is 0 Å². The minimum atomic E-state index is -1.03. The Kier molecular flexibility index (Phi) is 5.88. The van der Waals surface area contributed by atoms with Crippen LogP contribution < -0.4 is 0 Å². The summed E-state index contributed by atoms with van der Waals surface area (Å²) in [5.74, 6) is -1.27. The molecule has 2 aromatic carbocycles. The van der Waals surface area contributed by atoms with E-state index in [9.17, 15) is 9.18 Å². The van der Waals surface area contributed by atoms with E-state index in [1.165, 1.54) is 12.1 Å². The molecular weight excluding hydrogens is 387 g/mol. The summed E-state index contributed by atoms with van der Waals surface area (Å²) < 4.78 is 36.8. The third-order valence-electron chi connectivity index (χ3n) is 5.10. The normalized spacial score (nSPS) is 22.8. The SMILES string of the molecule is CC1(C)OC(=O)C2=C(C[C@@H](CCOCc3ccccc3)O[C@@H]2c2ccc(F)cc2)O1. The van der Waals surface area contributed by atoms with E-state index in [0.717, 1.165) is 5.56 Å². The summed E-state index contributed by atoms with van der Waals surface area (Å²) in [6.07, 6.45) is 0.230. The van der Waals surface area contributed by atoms with Gasteiger partial charge < -0.3 is 18.9 Å². The molecule has 6 heteroatoms. The average molecular weight is 412 g/mol. The molecule has 2 atom stereocenters. The lowest BCUT2D eigenvalue weighted by Crippen LogP contribution is -2.42. The Morgan fingerprint density at radius 3 is 2.53 bits per heavy atom. The highest BCUT2D eigenvalue weighted by Crippen LogP contribution is 2.43. The zero-order chi connectivity index (χ0) is 21.1. The number of hydrogen-bond acceptors (Lipinski definition) is 5. The molecule has 0 N–H and O–H groups in total. The van der Waals surface area contributed by atoms with Gasteiger partial charge in [-0.15, -0.1) is 0 Å². The summed E-state index contributed by atoms with van der Waals surface area (Å²) in [6, 6.07) is 15.9. The molecule has 2 heterocycles. The molecule has 0 spiro atoms. The van der Waals surface area contributed by atoms with Gasteiger partial charge in [-0.25, -0.2) is 9.18 Å². The summed E-state index contributed by atoms with van der Waals surface area (Å²) in [5, 5.41) is 0. The maximum absolute atomic E-state index is 13.4. The molecule has 2 aromatic rings. The molecule has 0 saturated heterocycles. The molecule has 0 saturated carbocycles. The summed E-state index contributed by atoms with van der Waals surface area (Å²) in [4.78, 5) is 12.7. The smallest absolute Gasteiger partial charge is 0.343 e. The molecule has 4 rings (SSSR count). The highest BCUT2D eigenvalue weighted by Gasteiger charge is 2.44. The van der Waals surface area contributed by atoms with Crippen molar-refractivity contribution in [2.75, 3.05) is 6.61 Å². The lowest BCUT2D eigenvalue weighted by molar-refractivity contribution is -0.217. The van der Waals surface area contributed by atoms with Crippen LogP contribution in [0.5, 0.6) is 0 Å². The van der Waals surface area contributed by atoms with Crippen LogP contribution in [0.4, 0.5) is 4.39 Å². The standard InChI is InChI=1S/C24H25FO5/c1-24(2)29-20-14-19(12-13-27-15-16-6-4-3-5-7-16)28-22(21(20)23(26)30-24)17-8-10-18(25)11-9-17/h3-11,19,22H,12-15H2,1-2H3/t19-,22-/m1/s1. The summed E-state index contributed by atoms with van der Waals surface area (Å²) in [5.41, 5.74) is 2.14. The van der Waals surface area contributed by atoms with Gasteiger partial charge in [-0.2, -0.15) is 0 Å². The minimum absolute atomic E-state index is 0.198. The van der Waals surface area contributed by atoms with Crippen LogP contribution in [0.1, 0.15) is 43.9 Å². The van der Waals surface area contributed by atoms with Crippen LogP contribution in [0.15, 0.2) is 65.9 Å². The van der Waals surface area contributed by atoms with Gasteiger partial charge in [0.05, 0.1) is 12.7 Å². The van der Waals surface area contributed by atoms with Crippen LogP contribution >= 0.6 is 0 Å². The van der Waals surface area contributed by atoms with Gasteiger partial charge in [0.2, 0.25) is 5.79 Å². The summed E-state index contributed by atoms with van der Waals surface area (Å²) in [6.45, 7) is 4.44. The first-order valence-electron chi connectivity index (χ1n) is 10.1. The number of carbonyl (C=O) groups excluding carboxylic acids is 1. The summed E-state index contributed by atoms with van der Waals surface area (Å²) in [7, 11) is 0. The third kappa shape index (κ3) is 4.71. The zero-order valence-corrected chi connectivity index (χ0v) is 17.1. The first kappa shape index (κ1) is 20.6. The molecule has 0 aromatic heterocycles. The molecule has 0 aliphatic carbocycles. The van der Waals surface area contributed by atoms with Crippen molar-refractivity contribution in [3.05, 3.63) is 82.9 Å². The number of halogens is 1. The Hall–Kier alpha value is -2.70. The second-order valence-electron chi connectivity index (χ2n) is 7.95. The maximum Gasteiger partial charge on any atom is 0.343 e. The van der Waals surface area contributed by atoms with Crippen molar-refractivity contribution in [2.45, 2.75) is 51.3 Å². The van der Waals surface area contributed by atoms with E-state index in [-0.39, 0.29) is 11.9 Å². The zero-order valence-electron chi connectivity index (χ0n) is 17.1. The molecule has 158 valence electrons. The molecule has 2 aliphatic rings. The van der Waals surface area contributed by atoms with E-state index in [4.69, 9.17) is 18.9 Å². The van der Waals surface area contributed by atoms with Crippen LogP contribution in [-0.2, 0) is 30.3 Å². The topological polar surface area (TPSA) is 54.0 Å². The summed E-state index contributed by atoms with van der Waals surface area (Å²) >= 11 is 0. The van der Waals surface area contributed by atoms with Gasteiger partial charge in [-0.05, 0) is 29.7 Å². The first-order valence-corrected chi connectivity index (χ1v) is 10.1. The quantitative estimate of drug-likeness (QED) is 0.503. The van der Waals surface area contributed by atoms with Gasteiger partial charge in [-0.3, -0.25) is 0 Å². The fourth-order valence-corrected chi connectivity index (χ4v) is 3.72. The monoisotopic (exact) mass is 412 g/mol. The highest BCUT2D eigenvalue weighted by molar-refractivity contribution is 5.91. The van der Waals surface area contributed by atoms with Crippen molar-refractivity contribution in [2.24, 2.45) is 0 Å². The van der Waals surface area contributed by atoms with Crippen molar-refractivity contribution in [3.8, 4) is 0 Å². The highest BCUT2D eigenvalue weighted by atomic mass is 19.1. The Labute approximate surface area is 175 Å². The van der Waals surface area contributed by atoms with Gasteiger partial charge in [0.1, 0.15) is 23.3 Å². The van der Waals surface area contributed by atoms with Crippen molar-refractivity contribution in [3.63, 3.8) is 0 Å². The number of carbonyl (C=O) groups is 1. The molecule has 30 heavy (non-hydrogen) atoms. The van der Waals surface area contributed by atoms with E-state index in [2.05, 4.69) is 0 Å². The van der Waals surface area contributed by atoms with Crippen molar-refractivity contribution >= 4 is 5.97 Å². The van der Waals surface area contributed by atoms with E-state index in [1.807, 2.05) is 30.3 Å². The van der Waals surface area contributed by atoms with Gasteiger partial charge in [0.15, 0.2) is 0 Å². The number of benzene rings is 2. The van der Waals surface area contributed by atoms with E-state index in [0.29, 0.717) is 43.0 Å². The van der Waals surface area contributed by atoms with Crippen LogP contribution in [0.2, 0.25) is 0 Å². The predicted octanol–water partition coefficient (Wildman–Crippen LogP) is 4.83. The molecule has 0 radical (unpaired) electrons. The lowest BCUT2D eigenvalue weighted by atomic mass is 9.93. The van der Waals surface area contributed by atoms with Gasteiger partial charge in [0.25, 0.3) is 0 Å². The number of hydrogen-bond donors (Lipinski definition) is 0. The van der Waals surface area contributed by atoms with Crippen molar-refractivity contribution < 1.29 is 28.1 Å². The molecule has 5 nitrogen and oxygen atoms in total. The molecule has 0 amide bonds. The van der Waals surface area contributed by atoms with Crippen LogP contribution in [0.3, 0.4) is 0 Å². The second kappa shape index (κ2) is 8.58. The predicted molar refractivity (Wildman–Crippen MR) is 108 cm³/mol. The van der Waals surface area contributed by atoms with Crippen LogP contribution in [-0.4, -0.2) is 24.5 Å². The molecule has 2 aliphatic heterocycles. The van der Waals surface area contributed by atoms with Gasteiger partial charge >= 0.3 is 5.97 Å². The van der Waals surface area contributed by atoms with Gasteiger partial charge in [-0.1, -0.05) is 42.5 Å². The van der Waals surface area contributed by atoms with E-state index in [1.54, 1.807) is 26.0 Å². The van der Waals surface area contributed by atoms with Gasteiger partial charge in [0, 0.05) is 26.9 Å².